The van der Waals surface area contributed by atoms with Crippen LogP contribution >= 0.6 is 0 Å². The van der Waals surface area contributed by atoms with E-state index in [9.17, 15) is 0 Å². The standard InChI is InChI=1S/C62H41N/c1-3-15-46(16-4-1)59-37-38-60(47-17-5-2-6-18-47)63(59)54-35-36-57-58(41-54)62(49-31-25-45(26-32-49)53-34-28-43-14-8-10-20-51(43)40-53)56-22-12-11-21-55(56)61(57)48-29-23-44(24-30-48)52-33-27-42-13-7-9-19-50(42)39-52/h1-41H. The normalized spacial score (nSPS) is 11.5. The van der Waals surface area contributed by atoms with Crippen molar-refractivity contribution in [2.45, 2.75) is 0 Å². The summed E-state index contributed by atoms with van der Waals surface area (Å²) < 4.78 is 2.43. The Morgan fingerprint density at radius 1 is 0.206 bits per heavy atom. The highest BCUT2D eigenvalue weighted by Gasteiger charge is 2.20. The van der Waals surface area contributed by atoms with Crippen molar-refractivity contribution in [3.05, 3.63) is 249 Å². The van der Waals surface area contributed by atoms with Gasteiger partial charge in [-0.2, -0.15) is 0 Å². The predicted molar refractivity (Wildman–Crippen MR) is 268 cm³/mol. The summed E-state index contributed by atoms with van der Waals surface area (Å²) in [5.74, 6) is 0. The Kier molecular flexibility index (Phi) is 8.90. The van der Waals surface area contributed by atoms with Crippen molar-refractivity contribution >= 4 is 43.1 Å². The molecule has 0 aliphatic carbocycles. The van der Waals surface area contributed by atoms with E-state index in [4.69, 9.17) is 0 Å². The van der Waals surface area contributed by atoms with Crippen LogP contribution in [0.25, 0.3) is 116 Å². The Labute approximate surface area is 367 Å². The van der Waals surface area contributed by atoms with Crippen LogP contribution in [-0.4, -0.2) is 4.57 Å². The molecule has 0 atom stereocenters. The van der Waals surface area contributed by atoms with Gasteiger partial charge in [0.1, 0.15) is 0 Å². The molecule has 1 heteroatoms. The van der Waals surface area contributed by atoms with Gasteiger partial charge >= 0.3 is 0 Å². The minimum absolute atomic E-state index is 1.12. The molecule has 0 fully saturated rings. The van der Waals surface area contributed by atoms with Crippen LogP contribution in [0.1, 0.15) is 0 Å². The summed E-state index contributed by atoms with van der Waals surface area (Å²) in [4.78, 5) is 0. The van der Waals surface area contributed by atoms with Crippen molar-refractivity contribution in [1.82, 2.24) is 4.57 Å². The van der Waals surface area contributed by atoms with Gasteiger partial charge in [-0.25, -0.2) is 0 Å². The zero-order valence-corrected chi connectivity index (χ0v) is 34.6. The third kappa shape index (κ3) is 6.50. The molecule has 1 aromatic heterocycles. The molecule has 0 saturated carbocycles. The SMILES string of the molecule is c1ccc(-c2ccc(-c3ccccc3)n2-c2ccc3c(-c4ccc(-c5ccc6ccccc6c5)cc4)c4ccccc4c(-c4ccc(-c5ccc6ccccc6c5)cc4)c3c2)cc1. The quantitative estimate of drug-likeness (QED) is 0.142. The molecule has 63 heavy (non-hydrogen) atoms. The minimum Gasteiger partial charge on any atom is -0.309 e. The van der Waals surface area contributed by atoms with Gasteiger partial charge < -0.3 is 4.57 Å². The zero-order valence-electron chi connectivity index (χ0n) is 34.6. The summed E-state index contributed by atoms with van der Waals surface area (Å²) in [5, 5.41) is 9.91. The summed E-state index contributed by atoms with van der Waals surface area (Å²) in [6.07, 6.45) is 0. The fourth-order valence-electron chi connectivity index (χ4n) is 9.71. The number of benzene rings is 11. The van der Waals surface area contributed by atoms with Crippen molar-refractivity contribution in [2.75, 3.05) is 0 Å². The summed E-state index contributed by atoms with van der Waals surface area (Å²) >= 11 is 0. The lowest BCUT2D eigenvalue weighted by atomic mass is 9.85. The molecular formula is C62H41N. The van der Waals surface area contributed by atoms with Crippen LogP contribution in [-0.2, 0) is 0 Å². The average Bonchev–Trinajstić information content (AvgIpc) is 3.81. The molecule has 12 rings (SSSR count). The maximum absolute atomic E-state index is 2.43. The number of rotatable bonds is 7. The summed E-state index contributed by atoms with van der Waals surface area (Å²) in [6.45, 7) is 0. The molecule has 1 nitrogen and oxygen atoms in total. The molecule has 0 amide bonds. The second-order valence-electron chi connectivity index (χ2n) is 16.5. The Hall–Kier alpha value is -8.26. The van der Waals surface area contributed by atoms with Gasteiger partial charge in [-0.1, -0.05) is 212 Å². The lowest BCUT2D eigenvalue weighted by Crippen LogP contribution is -2.00. The van der Waals surface area contributed by atoms with E-state index in [1.807, 2.05) is 0 Å². The first-order valence-corrected chi connectivity index (χ1v) is 21.7. The second-order valence-corrected chi connectivity index (χ2v) is 16.5. The van der Waals surface area contributed by atoms with Crippen molar-refractivity contribution < 1.29 is 0 Å². The summed E-state index contributed by atoms with van der Waals surface area (Å²) in [6, 6.07) is 91.2. The van der Waals surface area contributed by atoms with E-state index in [0.717, 1.165) is 17.1 Å². The molecule has 0 aliphatic rings. The molecule has 0 bridgehead atoms. The third-order valence-corrected chi connectivity index (χ3v) is 12.8. The molecule has 0 N–H and O–H groups in total. The fraction of sp³-hybridized carbons (Fsp3) is 0. The Balaban J connectivity index is 1.08. The van der Waals surface area contributed by atoms with Gasteiger partial charge in [0.25, 0.3) is 0 Å². The molecule has 11 aromatic carbocycles. The second kappa shape index (κ2) is 15.3. The Morgan fingerprint density at radius 2 is 0.587 bits per heavy atom. The third-order valence-electron chi connectivity index (χ3n) is 12.8. The molecule has 0 aliphatic heterocycles. The molecule has 0 radical (unpaired) electrons. The van der Waals surface area contributed by atoms with E-state index in [1.54, 1.807) is 0 Å². The molecular weight excluding hydrogens is 759 g/mol. The van der Waals surface area contributed by atoms with Crippen molar-refractivity contribution in [3.8, 4) is 72.7 Å². The van der Waals surface area contributed by atoms with Crippen LogP contribution in [0, 0.1) is 0 Å². The molecule has 294 valence electrons. The number of aromatic nitrogens is 1. The maximum atomic E-state index is 2.43. The van der Waals surface area contributed by atoms with Crippen LogP contribution in [0.3, 0.4) is 0 Å². The fourth-order valence-corrected chi connectivity index (χ4v) is 9.71. The lowest BCUT2D eigenvalue weighted by molar-refractivity contribution is 1.10. The van der Waals surface area contributed by atoms with Crippen LogP contribution in [0.15, 0.2) is 249 Å². The topological polar surface area (TPSA) is 4.93 Å². The lowest BCUT2D eigenvalue weighted by Gasteiger charge is -2.21. The largest absolute Gasteiger partial charge is 0.309 e. The van der Waals surface area contributed by atoms with E-state index >= 15 is 0 Å². The van der Waals surface area contributed by atoms with Gasteiger partial charge in [0, 0.05) is 5.69 Å². The van der Waals surface area contributed by atoms with Crippen LogP contribution in [0.4, 0.5) is 0 Å². The monoisotopic (exact) mass is 799 g/mol. The number of hydrogen-bond donors (Lipinski definition) is 0. The van der Waals surface area contributed by atoms with Gasteiger partial charge in [-0.15, -0.1) is 0 Å². The van der Waals surface area contributed by atoms with Gasteiger partial charge in [-0.3, -0.25) is 0 Å². The number of fused-ring (bicyclic) bond motifs is 4. The highest BCUT2D eigenvalue weighted by Crippen LogP contribution is 2.46. The zero-order chi connectivity index (χ0) is 41.7. The van der Waals surface area contributed by atoms with Crippen LogP contribution < -0.4 is 0 Å². The average molecular weight is 800 g/mol. The van der Waals surface area contributed by atoms with Gasteiger partial charge in [-0.05, 0) is 135 Å². The summed E-state index contributed by atoms with van der Waals surface area (Å²) in [7, 11) is 0. The first-order valence-electron chi connectivity index (χ1n) is 21.7. The van der Waals surface area contributed by atoms with E-state index < -0.39 is 0 Å². The molecule has 0 unspecified atom stereocenters. The molecule has 1 heterocycles. The summed E-state index contributed by atoms with van der Waals surface area (Å²) in [5.41, 5.74) is 15.5. The molecule has 0 spiro atoms. The van der Waals surface area contributed by atoms with Gasteiger partial charge in [0.05, 0.1) is 11.4 Å². The van der Waals surface area contributed by atoms with Crippen LogP contribution in [0.2, 0.25) is 0 Å². The van der Waals surface area contributed by atoms with Gasteiger partial charge in [0.15, 0.2) is 0 Å². The van der Waals surface area contributed by atoms with Crippen molar-refractivity contribution in [3.63, 3.8) is 0 Å². The number of nitrogens with zero attached hydrogens (tertiary/aromatic N) is 1. The number of hydrogen-bond acceptors (Lipinski definition) is 0. The first kappa shape index (κ1) is 36.6. The van der Waals surface area contributed by atoms with E-state index in [-0.39, 0.29) is 0 Å². The van der Waals surface area contributed by atoms with E-state index in [2.05, 4.69) is 253 Å². The highest BCUT2D eigenvalue weighted by atomic mass is 15.0. The van der Waals surface area contributed by atoms with E-state index in [1.165, 1.54) is 98.7 Å². The molecule has 12 aromatic rings. The van der Waals surface area contributed by atoms with Crippen molar-refractivity contribution in [2.24, 2.45) is 0 Å². The predicted octanol–water partition coefficient (Wildman–Crippen LogP) is 17.1. The molecule has 0 saturated heterocycles. The Bertz CT molecular complexity index is 3580. The first-order chi connectivity index (χ1) is 31.2. The Morgan fingerprint density at radius 3 is 1.08 bits per heavy atom. The van der Waals surface area contributed by atoms with E-state index in [0.29, 0.717) is 0 Å². The van der Waals surface area contributed by atoms with Gasteiger partial charge in [0.2, 0.25) is 0 Å². The van der Waals surface area contributed by atoms with Crippen molar-refractivity contribution in [1.29, 1.82) is 0 Å². The maximum Gasteiger partial charge on any atom is 0.0535 e. The van der Waals surface area contributed by atoms with Crippen LogP contribution in [0.5, 0.6) is 0 Å². The highest BCUT2D eigenvalue weighted by molar-refractivity contribution is 6.22. The smallest absolute Gasteiger partial charge is 0.0535 e. The minimum atomic E-state index is 1.12.